The van der Waals surface area contributed by atoms with Crippen molar-refractivity contribution in [3.8, 4) is 0 Å². The summed E-state index contributed by atoms with van der Waals surface area (Å²) in [7, 11) is 0. The Kier molecular flexibility index (Phi) is 4.40. The number of aliphatic carboxylic acids is 1. The summed E-state index contributed by atoms with van der Waals surface area (Å²) in [6.45, 7) is 4.06. The van der Waals surface area contributed by atoms with Crippen molar-refractivity contribution in [3.05, 3.63) is 18.3 Å². The molecule has 6 nitrogen and oxygen atoms in total. The minimum Gasteiger partial charge on any atom is -0.481 e. The van der Waals surface area contributed by atoms with Crippen LogP contribution in [0.2, 0.25) is 0 Å². The molecule has 1 N–H and O–H groups in total. The van der Waals surface area contributed by atoms with Crippen LogP contribution in [-0.2, 0) is 11.3 Å². The van der Waals surface area contributed by atoms with Gasteiger partial charge in [0.1, 0.15) is 5.52 Å². The average Bonchev–Trinajstić information content (AvgIpc) is 3.10. The van der Waals surface area contributed by atoms with Crippen molar-refractivity contribution < 1.29 is 9.90 Å². The highest BCUT2D eigenvalue weighted by atomic mass is 32.2. The van der Waals surface area contributed by atoms with E-state index < -0.39 is 5.97 Å². The first-order valence-electron chi connectivity index (χ1n) is 7.12. The first-order valence-corrected chi connectivity index (χ1v) is 8.11. The number of nitrogens with zero attached hydrogens (tertiary/aromatic N) is 4. The summed E-state index contributed by atoms with van der Waals surface area (Å²) in [5.41, 5.74) is 1.66. The number of pyridine rings is 1. The third-order valence-electron chi connectivity index (χ3n) is 3.63. The number of thioether (sulfide) groups is 1. The Hall–Kier alpha value is -1.60. The first kappa shape index (κ1) is 14.3. The number of likely N-dealkylation sites (tertiary alicyclic amines) is 1. The van der Waals surface area contributed by atoms with Gasteiger partial charge in [-0.1, -0.05) is 11.8 Å². The van der Waals surface area contributed by atoms with Gasteiger partial charge in [0.25, 0.3) is 0 Å². The highest BCUT2D eigenvalue weighted by molar-refractivity contribution is 7.99. The summed E-state index contributed by atoms with van der Waals surface area (Å²) >= 11 is 1.26. The molecule has 3 rings (SSSR count). The van der Waals surface area contributed by atoms with Crippen LogP contribution in [0.5, 0.6) is 0 Å². The first-order chi connectivity index (χ1) is 10.2. The molecule has 0 aliphatic carbocycles. The molecule has 0 amide bonds. The molecule has 0 unspecified atom stereocenters. The Morgan fingerprint density at radius 3 is 2.90 bits per heavy atom. The van der Waals surface area contributed by atoms with E-state index in [0.717, 1.165) is 42.5 Å². The quantitative estimate of drug-likeness (QED) is 0.819. The van der Waals surface area contributed by atoms with Gasteiger partial charge >= 0.3 is 5.97 Å². The summed E-state index contributed by atoms with van der Waals surface area (Å²) < 4.78 is 2.04. The Balaban J connectivity index is 1.81. The molecule has 2 aromatic heterocycles. The number of rotatable bonds is 6. The highest BCUT2D eigenvalue weighted by Crippen LogP contribution is 2.23. The Labute approximate surface area is 127 Å². The largest absolute Gasteiger partial charge is 0.481 e. The van der Waals surface area contributed by atoms with Crippen molar-refractivity contribution in [1.29, 1.82) is 0 Å². The lowest BCUT2D eigenvalue weighted by molar-refractivity contribution is -0.133. The lowest BCUT2D eigenvalue weighted by Crippen LogP contribution is -2.24. The molecule has 0 spiro atoms. The summed E-state index contributed by atoms with van der Waals surface area (Å²) in [5, 5.41) is 9.60. The highest BCUT2D eigenvalue weighted by Gasteiger charge is 2.16. The molecule has 1 aliphatic rings. The summed E-state index contributed by atoms with van der Waals surface area (Å²) in [6.07, 6.45) is 4.29. The van der Waals surface area contributed by atoms with E-state index in [1.54, 1.807) is 6.20 Å². The zero-order chi connectivity index (χ0) is 14.7. The molecule has 1 aliphatic heterocycles. The monoisotopic (exact) mass is 306 g/mol. The molecule has 7 heteroatoms. The SMILES string of the molecule is O=C(O)CSc1nc2cccnc2n1CCN1CCCC1. The standard InChI is InChI=1S/C14H18N4O2S/c19-12(20)10-21-14-16-11-4-3-5-15-13(11)18(14)9-8-17-6-1-2-7-17/h3-5H,1-2,6-10H2,(H,19,20). The van der Waals surface area contributed by atoms with Gasteiger partial charge in [-0.25, -0.2) is 9.97 Å². The van der Waals surface area contributed by atoms with Crippen molar-refractivity contribution >= 4 is 28.9 Å². The van der Waals surface area contributed by atoms with Crippen LogP contribution in [0.1, 0.15) is 12.8 Å². The molecular weight excluding hydrogens is 288 g/mol. The van der Waals surface area contributed by atoms with E-state index in [-0.39, 0.29) is 5.75 Å². The van der Waals surface area contributed by atoms with Crippen LogP contribution in [0, 0.1) is 0 Å². The topological polar surface area (TPSA) is 71.2 Å². The van der Waals surface area contributed by atoms with Gasteiger partial charge in [-0.2, -0.15) is 0 Å². The molecule has 0 aromatic carbocycles. The number of hydrogen-bond donors (Lipinski definition) is 1. The Bertz CT molecular complexity index is 637. The molecule has 1 saturated heterocycles. The van der Waals surface area contributed by atoms with Gasteiger partial charge in [0.2, 0.25) is 0 Å². The smallest absolute Gasteiger partial charge is 0.313 e. The van der Waals surface area contributed by atoms with Crippen LogP contribution < -0.4 is 0 Å². The molecule has 3 heterocycles. The second-order valence-corrected chi connectivity index (χ2v) is 6.07. The van der Waals surface area contributed by atoms with E-state index >= 15 is 0 Å². The molecule has 1 fully saturated rings. The normalized spacial score (nSPS) is 15.8. The fraction of sp³-hybridized carbons (Fsp3) is 0.500. The predicted octanol–water partition coefficient (Wildman–Crippen LogP) is 1.70. The molecule has 112 valence electrons. The van der Waals surface area contributed by atoms with Gasteiger partial charge in [0.05, 0.1) is 5.75 Å². The minimum atomic E-state index is -0.828. The number of carboxylic acids is 1. The van der Waals surface area contributed by atoms with Crippen molar-refractivity contribution in [2.45, 2.75) is 24.5 Å². The van der Waals surface area contributed by atoms with Gasteiger partial charge in [-0.05, 0) is 38.1 Å². The summed E-state index contributed by atoms with van der Waals surface area (Å²) in [6, 6.07) is 3.77. The predicted molar refractivity (Wildman–Crippen MR) is 81.6 cm³/mol. The van der Waals surface area contributed by atoms with Gasteiger partial charge in [-0.15, -0.1) is 0 Å². The number of fused-ring (bicyclic) bond motifs is 1. The van der Waals surface area contributed by atoms with Crippen LogP contribution in [0.3, 0.4) is 0 Å². The fourth-order valence-electron chi connectivity index (χ4n) is 2.62. The maximum absolute atomic E-state index is 10.8. The van der Waals surface area contributed by atoms with Gasteiger partial charge in [-0.3, -0.25) is 4.79 Å². The number of hydrogen-bond acceptors (Lipinski definition) is 5. The van der Waals surface area contributed by atoms with Crippen molar-refractivity contribution in [2.24, 2.45) is 0 Å². The van der Waals surface area contributed by atoms with E-state index in [9.17, 15) is 4.79 Å². The molecule has 0 saturated carbocycles. The Morgan fingerprint density at radius 1 is 1.33 bits per heavy atom. The molecular formula is C14H18N4O2S. The van der Waals surface area contributed by atoms with Gasteiger partial charge in [0.15, 0.2) is 10.8 Å². The molecule has 0 atom stereocenters. The fourth-order valence-corrected chi connectivity index (χ4v) is 3.37. The van der Waals surface area contributed by atoms with Crippen molar-refractivity contribution in [1.82, 2.24) is 19.4 Å². The molecule has 0 radical (unpaired) electrons. The summed E-state index contributed by atoms with van der Waals surface area (Å²) in [5.74, 6) is -0.807. The summed E-state index contributed by atoms with van der Waals surface area (Å²) in [4.78, 5) is 22.1. The van der Waals surface area contributed by atoms with E-state index in [4.69, 9.17) is 5.11 Å². The van der Waals surface area contributed by atoms with E-state index in [1.807, 2.05) is 16.7 Å². The van der Waals surface area contributed by atoms with E-state index in [0.29, 0.717) is 0 Å². The zero-order valence-corrected chi connectivity index (χ0v) is 12.6. The number of carboxylic acid groups (broad SMARTS) is 1. The van der Waals surface area contributed by atoms with Crippen LogP contribution in [0.25, 0.3) is 11.2 Å². The maximum atomic E-state index is 10.8. The number of aromatic nitrogens is 3. The van der Waals surface area contributed by atoms with E-state index in [2.05, 4.69) is 14.9 Å². The Morgan fingerprint density at radius 2 is 2.14 bits per heavy atom. The second kappa shape index (κ2) is 6.44. The zero-order valence-electron chi connectivity index (χ0n) is 11.7. The molecule has 21 heavy (non-hydrogen) atoms. The van der Waals surface area contributed by atoms with Gasteiger partial charge in [0, 0.05) is 19.3 Å². The lowest BCUT2D eigenvalue weighted by Gasteiger charge is -2.15. The van der Waals surface area contributed by atoms with Crippen LogP contribution in [0.15, 0.2) is 23.5 Å². The van der Waals surface area contributed by atoms with Crippen LogP contribution in [-0.4, -0.2) is 55.9 Å². The van der Waals surface area contributed by atoms with E-state index in [1.165, 1.54) is 24.6 Å². The lowest BCUT2D eigenvalue weighted by atomic mass is 10.4. The second-order valence-electron chi connectivity index (χ2n) is 5.12. The van der Waals surface area contributed by atoms with Gasteiger partial charge < -0.3 is 14.6 Å². The minimum absolute atomic E-state index is 0.0209. The number of carbonyl (C=O) groups is 1. The third kappa shape index (κ3) is 3.36. The average molecular weight is 306 g/mol. The van der Waals surface area contributed by atoms with Crippen molar-refractivity contribution in [3.63, 3.8) is 0 Å². The maximum Gasteiger partial charge on any atom is 0.313 e. The molecule has 0 bridgehead atoms. The van der Waals surface area contributed by atoms with Crippen molar-refractivity contribution in [2.75, 3.05) is 25.4 Å². The number of imidazole rings is 1. The van der Waals surface area contributed by atoms with Crippen LogP contribution in [0.4, 0.5) is 0 Å². The molecule has 2 aromatic rings. The van der Waals surface area contributed by atoms with Crippen LogP contribution >= 0.6 is 11.8 Å². The third-order valence-corrected chi connectivity index (χ3v) is 4.59.